The van der Waals surface area contributed by atoms with E-state index in [1.54, 1.807) is 59.7 Å². The Morgan fingerprint density at radius 1 is 1.03 bits per heavy atom. The van der Waals surface area contributed by atoms with E-state index < -0.39 is 10.0 Å². The van der Waals surface area contributed by atoms with Crippen LogP contribution in [0.5, 0.6) is 5.75 Å². The number of rotatable bonds is 8. The molecule has 0 radical (unpaired) electrons. The summed E-state index contributed by atoms with van der Waals surface area (Å²) in [5.41, 5.74) is 1.96. The lowest BCUT2D eigenvalue weighted by atomic mass is 10.2. The number of amides is 1. The molecule has 0 unspecified atom stereocenters. The van der Waals surface area contributed by atoms with Gasteiger partial charge in [0.15, 0.2) is 0 Å². The number of methoxy groups -OCH3 is 1. The van der Waals surface area contributed by atoms with Crippen LogP contribution in [0.1, 0.15) is 10.4 Å². The number of carbonyl (C=O) groups is 1. The molecule has 0 aliphatic carbocycles. The molecule has 30 heavy (non-hydrogen) atoms. The molecule has 1 amide bonds. The van der Waals surface area contributed by atoms with E-state index in [0.717, 1.165) is 21.0 Å². The molecule has 0 saturated carbocycles. The van der Waals surface area contributed by atoms with Crippen molar-refractivity contribution in [3.05, 3.63) is 76.5 Å². The highest BCUT2D eigenvalue weighted by Crippen LogP contribution is 2.26. The van der Waals surface area contributed by atoms with Gasteiger partial charge >= 0.3 is 0 Å². The summed E-state index contributed by atoms with van der Waals surface area (Å²) < 4.78 is 31.4. The third kappa shape index (κ3) is 5.20. The molecule has 1 heterocycles. The third-order valence-electron chi connectivity index (χ3n) is 4.64. The normalized spacial score (nSPS) is 11.2. The molecule has 3 aromatic rings. The third-order valence-corrected chi connectivity index (χ3v) is 6.63. The topological polar surface area (TPSA) is 66.9 Å². The minimum absolute atomic E-state index is 0.291. The molecular weight excluding hydrogens is 420 g/mol. The Hall–Kier alpha value is -2.84. The van der Waals surface area contributed by atoms with Gasteiger partial charge in [-0.2, -0.15) is 0 Å². The van der Waals surface area contributed by atoms with Crippen LogP contribution in [0.25, 0.3) is 0 Å². The van der Waals surface area contributed by atoms with Crippen LogP contribution in [0.2, 0.25) is 0 Å². The van der Waals surface area contributed by atoms with Crippen LogP contribution in [0, 0.1) is 6.92 Å². The number of hydrogen-bond donors (Lipinski definition) is 0. The molecule has 1 aromatic heterocycles. The van der Waals surface area contributed by atoms with Gasteiger partial charge in [0, 0.05) is 10.6 Å². The highest BCUT2D eigenvalue weighted by Gasteiger charge is 2.26. The Morgan fingerprint density at radius 3 is 2.30 bits per heavy atom. The Labute approximate surface area is 181 Å². The molecule has 0 saturated heterocycles. The van der Waals surface area contributed by atoms with Gasteiger partial charge in [-0.25, -0.2) is 8.42 Å². The van der Waals surface area contributed by atoms with Crippen LogP contribution < -0.4 is 13.9 Å². The van der Waals surface area contributed by atoms with Gasteiger partial charge in [0.2, 0.25) is 15.9 Å². The summed E-state index contributed by atoms with van der Waals surface area (Å²) in [6.45, 7) is 1.89. The summed E-state index contributed by atoms with van der Waals surface area (Å²) >= 11 is 1.54. The molecular formula is C22H24N2O4S2. The molecule has 0 fully saturated rings. The summed E-state index contributed by atoms with van der Waals surface area (Å²) in [7, 11) is -2.08. The van der Waals surface area contributed by atoms with E-state index in [1.807, 2.05) is 36.6 Å². The van der Waals surface area contributed by atoms with Crippen molar-refractivity contribution in [3.63, 3.8) is 0 Å². The van der Waals surface area contributed by atoms with Gasteiger partial charge in [-0.3, -0.25) is 9.10 Å². The van der Waals surface area contributed by atoms with Crippen molar-refractivity contribution in [2.75, 3.05) is 29.1 Å². The van der Waals surface area contributed by atoms with Crippen LogP contribution in [-0.2, 0) is 21.4 Å². The first kappa shape index (κ1) is 21.9. The zero-order valence-electron chi connectivity index (χ0n) is 17.1. The Balaban J connectivity index is 1.95. The van der Waals surface area contributed by atoms with Gasteiger partial charge in [-0.1, -0.05) is 24.3 Å². The van der Waals surface area contributed by atoms with E-state index in [2.05, 4.69) is 0 Å². The van der Waals surface area contributed by atoms with Gasteiger partial charge < -0.3 is 9.64 Å². The number of hydrogen-bond acceptors (Lipinski definition) is 5. The van der Waals surface area contributed by atoms with Crippen LogP contribution in [-0.4, -0.2) is 34.2 Å². The van der Waals surface area contributed by atoms with E-state index >= 15 is 0 Å². The van der Waals surface area contributed by atoms with Crippen LogP contribution in [0.3, 0.4) is 0 Å². The minimum atomic E-state index is -3.66. The number of aryl methyl sites for hydroxylation is 1. The molecule has 0 spiro atoms. The standard InChI is InChI=1S/C22H24N2O4S2/c1-17-7-4-5-9-21(17)24(30(3,26)27)16-22(25)23(15-20-8-6-14-29-20)18-10-12-19(28-2)13-11-18/h4-14H,15-16H2,1-3H3. The van der Waals surface area contributed by atoms with Crippen molar-refractivity contribution in [3.8, 4) is 5.75 Å². The van der Waals surface area contributed by atoms with Gasteiger partial charge in [0.05, 0.1) is 25.6 Å². The first-order chi connectivity index (χ1) is 14.3. The summed E-state index contributed by atoms with van der Waals surface area (Å²) in [6.07, 6.45) is 1.11. The van der Waals surface area contributed by atoms with Crippen molar-refractivity contribution < 1.29 is 17.9 Å². The second-order valence-electron chi connectivity index (χ2n) is 6.81. The Bertz CT molecular complexity index is 1090. The minimum Gasteiger partial charge on any atom is -0.497 e. The second-order valence-corrected chi connectivity index (χ2v) is 9.75. The number of nitrogens with zero attached hydrogens (tertiary/aromatic N) is 2. The number of carbonyl (C=O) groups excluding carboxylic acids is 1. The highest BCUT2D eigenvalue weighted by atomic mass is 32.2. The monoisotopic (exact) mass is 444 g/mol. The van der Waals surface area contributed by atoms with Crippen LogP contribution in [0.15, 0.2) is 66.0 Å². The molecule has 3 rings (SSSR count). The quantitative estimate of drug-likeness (QED) is 0.525. The Kier molecular flexibility index (Phi) is 6.79. The summed E-state index contributed by atoms with van der Waals surface area (Å²) in [4.78, 5) is 16.0. The lowest BCUT2D eigenvalue weighted by Crippen LogP contribution is -2.42. The van der Waals surface area contributed by atoms with Gasteiger partial charge in [0.25, 0.3) is 0 Å². The molecule has 0 atom stereocenters. The first-order valence-corrected chi connectivity index (χ1v) is 12.0. The largest absolute Gasteiger partial charge is 0.497 e. The molecule has 2 aromatic carbocycles. The smallest absolute Gasteiger partial charge is 0.248 e. The van der Waals surface area contributed by atoms with E-state index in [0.29, 0.717) is 23.7 Å². The molecule has 6 nitrogen and oxygen atoms in total. The van der Waals surface area contributed by atoms with E-state index in [-0.39, 0.29) is 12.5 Å². The van der Waals surface area contributed by atoms with Gasteiger partial charge in [-0.15, -0.1) is 11.3 Å². The van der Waals surface area contributed by atoms with Crippen LogP contribution >= 0.6 is 11.3 Å². The molecule has 158 valence electrons. The molecule has 8 heteroatoms. The number of para-hydroxylation sites is 1. The van der Waals surface area contributed by atoms with Crippen molar-refractivity contribution in [1.29, 1.82) is 0 Å². The number of anilines is 2. The van der Waals surface area contributed by atoms with E-state index in [4.69, 9.17) is 4.74 Å². The lowest BCUT2D eigenvalue weighted by molar-refractivity contribution is -0.117. The van der Waals surface area contributed by atoms with E-state index in [9.17, 15) is 13.2 Å². The summed E-state index contributed by atoms with van der Waals surface area (Å²) in [6, 6.07) is 18.1. The van der Waals surface area contributed by atoms with Crippen molar-refractivity contribution in [2.45, 2.75) is 13.5 Å². The van der Waals surface area contributed by atoms with Crippen molar-refractivity contribution in [2.24, 2.45) is 0 Å². The Morgan fingerprint density at radius 2 is 1.73 bits per heavy atom. The van der Waals surface area contributed by atoms with Crippen molar-refractivity contribution >= 4 is 38.6 Å². The van der Waals surface area contributed by atoms with Gasteiger partial charge in [0.1, 0.15) is 12.3 Å². The number of sulfonamides is 1. The predicted molar refractivity (Wildman–Crippen MR) is 122 cm³/mol. The predicted octanol–water partition coefficient (Wildman–Crippen LogP) is 4.06. The van der Waals surface area contributed by atoms with Crippen molar-refractivity contribution in [1.82, 2.24) is 0 Å². The summed E-state index contributed by atoms with van der Waals surface area (Å²) in [5, 5.41) is 1.95. The fourth-order valence-electron chi connectivity index (χ4n) is 3.08. The number of benzene rings is 2. The fraction of sp³-hybridized carbons (Fsp3) is 0.227. The summed E-state index contributed by atoms with van der Waals surface area (Å²) in [5.74, 6) is 0.363. The maximum atomic E-state index is 13.4. The lowest BCUT2D eigenvalue weighted by Gasteiger charge is -2.28. The fourth-order valence-corrected chi connectivity index (χ4v) is 4.68. The second kappa shape index (κ2) is 9.32. The first-order valence-electron chi connectivity index (χ1n) is 9.29. The zero-order valence-corrected chi connectivity index (χ0v) is 18.7. The highest BCUT2D eigenvalue weighted by molar-refractivity contribution is 7.92. The number of thiophene rings is 1. The zero-order chi connectivity index (χ0) is 21.7. The molecule has 0 aliphatic heterocycles. The van der Waals surface area contributed by atoms with Crippen LogP contribution in [0.4, 0.5) is 11.4 Å². The van der Waals surface area contributed by atoms with E-state index in [1.165, 1.54) is 0 Å². The molecule has 0 N–H and O–H groups in total. The average molecular weight is 445 g/mol. The maximum absolute atomic E-state index is 13.4. The maximum Gasteiger partial charge on any atom is 0.248 e. The molecule has 0 aliphatic rings. The molecule has 0 bridgehead atoms. The van der Waals surface area contributed by atoms with Gasteiger partial charge in [-0.05, 0) is 54.3 Å². The number of ether oxygens (including phenoxy) is 1. The SMILES string of the molecule is COc1ccc(N(Cc2cccs2)C(=O)CN(c2ccccc2C)S(C)(=O)=O)cc1. The average Bonchev–Trinajstić information content (AvgIpc) is 3.23.